The van der Waals surface area contributed by atoms with Crippen molar-refractivity contribution in [2.24, 2.45) is 0 Å². The van der Waals surface area contributed by atoms with Crippen molar-refractivity contribution < 1.29 is 8.78 Å². The Labute approximate surface area is 122 Å². The second-order valence-corrected chi connectivity index (χ2v) is 6.01. The van der Waals surface area contributed by atoms with Gasteiger partial charge in [0, 0.05) is 29.4 Å². The van der Waals surface area contributed by atoms with E-state index in [1.54, 1.807) is 0 Å². The molecule has 1 aliphatic rings. The predicted octanol–water partition coefficient (Wildman–Crippen LogP) is 4.23. The second-order valence-electron chi connectivity index (χ2n) is 4.77. The van der Waals surface area contributed by atoms with Crippen molar-refractivity contribution in [3.8, 4) is 0 Å². The third-order valence-corrected chi connectivity index (χ3v) is 4.56. The summed E-state index contributed by atoms with van der Waals surface area (Å²) in [7, 11) is 0. The average molecular weight is 345 g/mol. The van der Waals surface area contributed by atoms with E-state index in [2.05, 4.69) is 20.9 Å². The molecule has 0 saturated carbocycles. The molecule has 0 saturated heterocycles. The molecule has 3 rings (SSSR count). The largest absolute Gasteiger partial charge is 0.335 e. The summed E-state index contributed by atoms with van der Waals surface area (Å²) in [6.45, 7) is 2.44. The van der Waals surface area contributed by atoms with Crippen LogP contribution in [0.1, 0.15) is 22.9 Å². The number of nitrogens with one attached hydrogen (secondary N) is 1. The number of hydrogen-bond acceptors (Lipinski definition) is 1. The zero-order valence-corrected chi connectivity index (χ0v) is 12.5. The highest BCUT2D eigenvalue weighted by Crippen LogP contribution is 2.36. The zero-order chi connectivity index (χ0) is 13.7. The van der Waals surface area contributed by atoms with Gasteiger partial charge in [0.1, 0.15) is 11.6 Å². The predicted molar refractivity (Wildman–Crippen MR) is 74.9 cm³/mol. The van der Waals surface area contributed by atoms with E-state index in [-0.39, 0.29) is 11.5 Å². The van der Waals surface area contributed by atoms with Gasteiger partial charge in [-0.2, -0.15) is 0 Å². The number of nitrogens with zero attached hydrogens (tertiary/aromatic N) is 1. The van der Waals surface area contributed by atoms with Crippen LogP contribution < -0.4 is 0 Å². The molecule has 100 valence electrons. The minimum atomic E-state index is -0.511. The van der Waals surface area contributed by atoms with Crippen LogP contribution in [0.25, 0.3) is 0 Å². The fraction of sp³-hybridized carbons (Fsp3) is 0.308. The number of imidazole rings is 1. The Bertz CT molecular complexity index is 720. The number of rotatable bonds is 1. The second kappa shape index (κ2) is 4.52. The third kappa shape index (κ3) is 1.97. The number of hydrogen-bond donors (Lipinski definition) is 1. The average Bonchev–Trinajstić information content (AvgIpc) is 2.88. The molecule has 1 aromatic heterocycles. The maximum absolute atomic E-state index is 14.1. The van der Waals surface area contributed by atoms with Crippen LogP contribution in [0.15, 0.2) is 16.6 Å². The molecular weight excluding hydrogens is 334 g/mol. The summed E-state index contributed by atoms with van der Waals surface area (Å²) >= 11 is 8.31. The van der Waals surface area contributed by atoms with E-state index in [9.17, 15) is 8.78 Å². The molecular formula is C13H11BrF2N2S. The third-order valence-electron chi connectivity index (χ3n) is 3.63. The molecule has 0 spiro atoms. The smallest absolute Gasteiger partial charge is 0.177 e. The molecule has 1 aromatic carbocycles. The summed E-state index contributed by atoms with van der Waals surface area (Å²) in [6.07, 6.45) is 0.600. The Morgan fingerprint density at radius 3 is 2.84 bits per heavy atom. The maximum Gasteiger partial charge on any atom is 0.177 e. The standard InChI is InChI=1S/C13H11BrF2N2S/c1-6-10-4-7(5-18(10)13(19)17-6)11-9(15)3-2-8(14)12(11)16/h2-3,7H,4-5H2,1H3,(H,17,19). The lowest BCUT2D eigenvalue weighted by Crippen LogP contribution is -2.07. The van der Waals surface area contributed by atoms with Gasteiger partial charge in [-0.25, -0.2) is 8.78 Å². The summed E-state index contributed by atoms with van der Waals surface area (Å²) < 4.78 is 30.9. The summed E-state index contributed by atoms with van der Waals surface area (Å²) in [5.74, 6) is -1.21. The van der Waals surface area contributed by atoms with Crippen LogP contribution in [0.5, 0.6) is 0 Å². The fourth-order valence-electron chi connectivity index (χ4n) is 2.71. The van der Waals surface area contributed by atoms with E-state index in [1.807, 2.05) is 11.5 Å². The Morgan fingerprint density at radius 1 is 1.42 bits per heavy atom. The normalized spacial score (nSPS) is 17.8. The van der Waals surface area contributed by atoms with Gasteiger partial charge >= 0.3 is 0 Å². The number of aromatic amines is 1. The minimum absolute atomic E-state index is 0.145. The lowest BCUT2D eigenvalue weighted by atomic mass is 9.95. The summed E-state index contributed by atoms with van der Waals surface area (Å²) in [6, 6.07) is 2.69. The van der Waals surface area contributed by atoms with Crippen LogP contribution in [0, 0.1) is 23.3 Å². The Hall–Kier alpha value is -1.01. The molecule has 1 atom stereocenters. The van der Waals surface area contributed by atoms with Crippen molar-refractivity contribution in [1.82, 2.24) is 9.55 Å². The van der Waals surface area contributed by atoms with Crippen LogP contribution in [0.2, 0.25) is 0 Å². The van der Waals surface area contributed by atoms with E-state index in [4.69, 9.17) is 12.2 Å². The first-order valence-electron chi connectivity index (χ1n) is 5.90. The quantitative estimate of drug-likeness (QED) is 0.606. The Balaban J connectivity index is 2.06. The first-order valence-corrected chi connectivity index (χ1v) is 7.11. The molecule has 19 heavy (non-hydrogen) atoms. The van der Waals surface area contributed by atoms with E-state index in [1.165, 1.54) is 12.1 Å². The molecule has 0 radical (unpaired) electrons. The highest BCUT2D eigenvalue weighted by molar-refractivity contribution is 9.10. The van der Waals surface area contributed by atoms with Crippen molar-refractivity contribution in [3.05, 3.63) is 50.0 Å². The van der Waals surface area contributed by atoms with E-state index >= 15 is 0 Å². The van der Waals surface area contributed by atoms with Crippen LogP contribution in [0.3, 0.4) is 0 Å². The highest BCUT2D eigenvalue weighted by atomic mass is 79.9. The Kier molecular flexibility index (Phi) is 3.09. The molecule has 2 nitrogen and oxygen atoms in total. The number of benzene rings is 1. The van der Waals surface area contributed by atoms with Gasteiger partial charge in [0.05, 0.1) is 4.47 Å². The van der Waals surface area contributed by atoms with Gasteiger partial charge in [-0.1, -0.05) is 0 Å². The topological polar surface area (TPSA) is 20.7 Å². The summed E-state index contributed by atoms with van der Waals surface area (Å²) in [5.41, 5.74) is 2.16. The molecule has 2 heterocycles. The number of H-pyrrole nitrogens is 1. The zero-order valence-electron chi connectivity index (χ0n) is 10.1. The van der Waals surface area contributed by atoms with Crippen molar-refractivity contribution in [2.75, 3.05) is 0 Å². The van der Waals surface area contributed by atoms with Crippen molar-refractivity contribution in [1.29, 1.82) is 0 Å². The molecule has 6 heteroatoms. The lowest BCUT2D eigenvalue weighted by Gasteiger charge is -2.13. The molecule has 1 N–H and O–H groups in total. The molecule has 1 unspecified atom stereocenters. The molecule has 0 bridgehead atoms. The van der Waals surface area contributed by atoms with Crippen molar-refractivity contribution >= 4 is 28.1 Å². The summed E-state index contributed by atoms with van der Waals surface area (Å²) in [5, 5.41) is 0. The van der Waals surface area contributed by atoms with Gasteiger partial charge in [0.25, 0.3) is 0 Å². The van der Waals surface area contributed by atoms with Crippen molar-refractivity contribution in [3.63, 3.8) is 0 Å². The number of fused-ring (bicyclic) bond motifs is 1. The first-order chi connectivity index (χ1) is 8.99. The highest BCUT2D eigenvalue weighted by Gasteiger charge is 2.30. The van der Waals surface area contributed by atoms with E-state index in [0.717, 1.165) is 11.4 Å². The number of aryl methyl sites for hydroxylation is 1. The minimum Gasteiger partial charge on any atom is -0.335 e. The van der Waals surface area contributed by atoms with Gasteiger partial charge in [-0.3, -0.25) is 0 Å². The lowest BCUT2D eigenvalue weighted by molar-refractivity contribution is 0.509. The number of halogens is 3. The first kappa shape index (κ1) is 13.0. The molecule has 0 fully saturated rings. The SMILES string of the molecule is Cc1[nH]c(=S)n2c1CC(c1c(F)ccc(Br)c1F)C2. The van der Waals surface area contributed by atoms with Gasteiger partial charge in [0.15, 0.2) is 4.77 Å². The van der Waals surface area contributed by atoms with Crippen LogP contribution in [0.4, 0.5) is 8.78 Å². The van der Waals surface area contributed by atoms with Gasteiger partial charge in [0.2, 0.25) is 0 Å². The summed E-state index contributed by atoms with van der Waals surface area (Å²) in [4.78, 5) is 3.07. The molecule has 0 aliphatic carbocycles. The molecule has 0 amide bonds. The van der Waals surface area contributed by atoms with Gasteiger partial charge in [-0.15, -0.1) is 0 Å². The van der Waals surface area contributed by atoms with Crippen LogP contribution in [-0.4, -0.2) is 9.55 Å². The molecule has 1 aliphatic heterocycles. The Morgan fingerprint density at radius 2 is 2.16 bits per heavy atom. The van der Waals surface area contributed by atoms with Gasteiger partial charge < -0.3 is 9.55 Å². The number of aromatic nitrogens is 2. The fourth-order valence-corrected chi connectivity index (χ4v) is 3.39. The van der Waals surface area contributed by atoms with Crippen LogP contribution in [-0.2, 0) is 13.0 Å². The van der Waals surface area contributed by atoms with E-state index < -0.39 is 11.6 Å². The molecule has 2 aromatic rings. The van der Waals surface area contributed by atoms with Gasteiger partial charge in [-0.05, 0) is 53.6 Å². The van der Waals surface area contributed by atoms with E-state index in [0.29, 0.717) is 22.2 Å². The van der Waals surface area contributed by atoms with Crippen molar-refractivity contribution in [2.45, 2.75) is 25.8 Å². The van der Waals surface area contributed by atoms with Crippen LogP contribution >= 0.6 is 28.1 Å². The monoisotopic (exact) mass is 344 g/mol. The maximum atomic E-state index is 14.1.